The van der Waals surface area contributed by atoms with Crippen LogP contribution in [0.2, 0.25) is 0 Å². The van der Waals surface area contributed by atoms with Crippen molar-refractivity contribution in [3.63, 3.8) is 0 Å². The van der Waals surface area contributed by atoms with E-state index in [9.17, 15) is 4.79 Å². The van der Waals surface area contributed by atoms with Gasteiger partial charge in [-0.15, -0.1) is 0 Å². The SMILES string of the molecule is Cc1cccc(C(C)(CCCCCCC#N)C(=O)CBr)c1. The van der Waals surface area contributed by atoms with Crippen molar-refractivity contribution in [3.8, 4) is 6.07 Å². The van der Waals surface area contributed by atoms with E-state index < -0.39 is 5.41 Å². The molecule has 0 fully saturated rings. The predicted molar refractivity (Wildman–Crippen MR) is 90.6 cm³/mol. The quantitative estimate of drug-likeness (QED) is 0.460. The van der Waals surface area contributed by atoms with Gasteiger partial charge in [0.2, 0.25) is 0 Å². The number of hydrogen-bond donors (Lipinski definition) is 0. The number of aryl methyl sites for hydroxylation is 1. The van der Waals surface area contributed by atoms with Gasteiger partial charge in [-0.05, 0) is 32.3 Å². The molecule has 0 N–H and O–H groups in total. The zero-order valence-corrected chi connectivity index (χ0v) is 14.6. The summed E-state index contributed by atoms with van der Waals surface area (Å²) in [5.41, 5.74) is 1.89. The van der Waals surface area contributed by atoms with Crippen molar-refractivity contribution >= 4 is 21.7 Å². The van der Waals surface area contributed by atoms with E-state index in [1.54, 1.807) is 0 Å². The molecule has 1 aromatic rings. The number of alkyl halides is 1. The maximum absolute atomic E-state index is 12.4. The van der Waals surface area contributed by atoms with Crippen LogP contribution in [-0.4, -0.2) is 11.1 Å². The average molecular weight is 350 g/mol. The van der Waals surface area contributed by atoms with Crippen LogP contribution in [0.25, 0.3) is 0 Å². The van der Waals surface area contributed by atoms with E-state index in [-0.39, 0.29) is 5.78 Å². The van der Waals surface area contributed by atoms with Crippen molar-refractivity contribution in [3.05, 3.63) is 35.4 Å². The molecule has 0 amide bonds. The molecule has 0 aromatic heterocycles. The van der Waals surface area contributed by atoms with Gasteiger partial charge in [0.1, 0.15) is 0 Å². The van der Waals surface area contributed by atoms with Crippen molar-refractivity contribution in [2.45, 2.75) is 57.8 Å². The minimum atomic E-state index is -0.412. The largest absolute Gasteiger partial charge is 0.298 e. The van der Waals surface area contributed by atoms with Gasteiger partial charge in [-0.1, -0.05) is 65.0 Å². The summed E-state index contributed by atoms with van der Waals surface area (Å²) in [4.78, 5) is 12.4. The lowest BCUT2D eigenvalue weighted by molar-refractivity contribution is -0.121. The van der Waals surface area contributed by atoms with E-state index in [0.717, 1.165) is 37.7 Å². The van der Waals surface area contributed by atoms with Crippen LogP contribution in [0, 0.1) is 18.3 Å². The minimum absolute atomic E-state index is 0.241. The second kappa shape index (κ2) is 9.00. The first kappa shape index (κ1) is 17.9. The highest BCUT2D eigenvalue weighted by Crippen LogP contribution is 2.32. The lowest BCUT2D eigenvalue weighted by Crippen LogP contribution is -2.33. The van der Waals surface area contributed by atoms with E-state index in [1.165, 1.54) is 5.56 Å². The van der Waals surface area contributed by atoms with Crippen LogP contribution in [-0.2, 0) is 10.2 Å². The number of benzene rings is 1. The molecule has 0 saturated carbocycles. The Morgan fingerprint density at radius 1 is 1.29 bits per heavy atom. The van der Waals surface area contributed by atoms with E-state index >= 15 is 0 Å². The summed E-state index contributed by atoms with van der Waals surface area (Å²) in [6, 6.07) is 10.4. The summed E-state index contributed by atoms with van der Waals surface area (Å²) in [7, 11) is 0. The van der Waals surface area contributed by atoms with Crippen LogP contribution in [0.15, 0.2) is 24.3 Å². The van der Waals surface area contributed by atoms with Gasteiger partial charge < -0.3 is 0 Å². The number of unbranched alkanes of at least 4 members (excludes halogenated alkanes) is 4. The molecule has 3 heteroatoms. The topological polar surface area (TPSA) is 40.9 Å². The van der Waals surface area contributed by atoms with Crippen molar-refractivity contribution < 1.29 is 4.79 Å². The molecular weight excluding hydrogens is 326 g/mol. The van der Waals surface area contributed by atoms with E-state index in [1.807, 2.05) is 6.07 Å². The number of hydrogen-bond acceptors (Lipinski definition) is 2. The molecule has 0 aliphatic rings. The maximum atomic E-state index is 12.4. The van der Waals surface area contributed by atoms with E-state index in [0.29, 0.717) is 11.8 Å². The summed E-state index contributed by atoms with van der Waals surface area (Å²) in [5, 5.41) is 8.93. The van der Waals surface area contributed by atoms with E-state index in [4.69, 9.17) is 5.26 Å². The van der Waals surface area contributed by atoms with Crippen molar-refractivity contribution in [1.82, 2.24) is 0 Å². The Labute approximate surface area is 136 Å². The van der Waals surface area contributed by atoms with Gasteiger partial charge in [0.05, 0.1) is 16.8 Å². The summed E-state index contributed by atoms with van der Waals surface area (Å²) in [6.07, 6.45) is 5.64. The molecule has 0 bridgehead atoms. The van der Waals surface area contributed by atoms with Gasteiger partial charge in [0.15, 0.2) is 5.78 Å². The molecule has 0 aliphatic carbocycles. The average Bonchev–Trinajstić information content (AvgIpc) is 2.49. The highest BCUT2D eigenvalue weighted by Gasteiger charge is 2.33. The lowest BCUT2D eigenvalue weighted by Gasteiger charge is -2.28. The summed E-state index contributed by atoms with van der Waals surface area (Å²) >= 11 is 3.32. The standard InChI is InChI=1S/C18H24BrNO/c1-15-9-8-10-16(13-15)18(2,17(21)14-19)11-6-4-3-5-7-12-20/h8-10,13H,3-7,11,14H2,1-2H3. The summed E-state index contributed by atoms with van der Waals surface area (Å²) in [6.45, 7) is 4.12. The summed E-state index contributed by atoms with van der Waals surface area (Å²) < 4.78 is 0. The third kappa shape index (κ3) is 5.28. The molecule has 0 heterocycles. The number of carbonyl (C=O) groups is 1. The molecule has 2 nitrogen and oxygen atoms in total. The Hall–Kier alpha value is -1.14. The molecule has 0 saturated heterocycles. The lowest BCUT2D eigenvalue weighted by atomic mass is 9.74. The van der Waals surface area contributed by atoms with Crippen molar-refractivity contribution in [1.29, 1.82) is 5.26 Å². The number of nitrogens with zero attached hydrogens (tertiary/aromatic N) is 1. The number of carbonyl (C=O) groups excluding carboxylic acids is 1. The van der Waals surface area contributed by atoms with Crippen molar-refractivity contribution in [2.75, 3.05) is 5.33 Å². The predicted octanol–water partition coefficient (Wildman–Crippen LogP) is 5.08. The molecule has 1 unspecified atom stereocenters. The van der Waals surface area contributed by atoms with Crippen LogP contribution >= 0.6 is 15.9 Å². The van der Waals surface area contributed by atoms with Crippen LogP contribution in [0.5, 0.6) is 0 Å². The fourth-order valence-electron chi connectivity index (χ4n) is 2.62. The molecule has 1 rings (SSSR count). The molecule has 21 heavy (non-hydrogen) atoms. The highest BCUT2D eigenvalue weighted by atomic mass is 79.9. The van der Waals surface area contributed by atoms with E-state index in [2.05, 4.69) is 54.0 Å². The summed E-state index contributed by atoms with van der Waals surface area (Å²) in [5.74, 6) is 0.241. The van der Waals surface area contributed by atoms with Gasteiger partial charge >= 0.3 is 0 Å². The minimum Gasteiger partial charge on any atom is -0.298 e. The molecule has 0 spiro atoms. The Kier molecular flexibility index (Phi) is 7.67. The van der Waals surface area contributed by atoms with Gasteiger partial charge in [-0.2, -0.15) is 5.26 Å². The smallest absolute Gasteiger partial charge is 0.153 e. The second-order valence-electron chi connectivity index (χ2n) is 5.83. The van der Waals surface area contributed by atoms with Crippen LogP contribution in [0.1, 0.15) is 56.6 Å². The Balaban J connectivity index is 2.72. The molecule has 0 aliphatic heterocycles. The van der Waals surface area contributed by atoms with Crippen molar-refractivity contribution in [2.24, 2.45) is 0 Å². The number of Topliss-reactive ketones (excluding diaryl/α,β-unsaturated/α-hetero) is 1. The monoisotopic (exact) mass is 349 g/mol. The first-order valence-electron chi connectivity index (χ1n) is 7.58. The zero-order chi connectivity index (χ0) is 15.7. The molecule has 0 radical (unpaired) electrons. The maximum Gasteiger partial charge on any atom is 0.153 e. The first-order valence-corrected chi connectivity index (χ1v) is 8.70. The van der Waals surface area contributed by atoms with Gasteiger partial charge in [0, 0.05) is 6.42 Å². The first-order chi connectivity index (χ1) is 10.0. The van der Waals surface area contributed by atoms with Gasteiger partial charge in [-0.3, -0.25) is 4.79 Å². The Bertz CT molecular complexity index is 506. The van der Waals surface area contributed by atoms with Gasteiger partial charge in [-0.25, -0.2) is 0 Å². The number of rotatable bonds is 9. The molecule has 1 atom stereocenters. The molecule has 1 aromatic carbocycles. The Morgan fingerprint density at radius 2 is 2.00 bits per heavy atom. The number of nitriles is 1. The number of ketones is 1. The fraction of sp³-hybridized carbons (Fsp3) is 0.556. The highest BCUT2D eigenvalue weighted by molar-refractivity contribution is 9.09. The van der Waals surface area contributed by atoms with Crippen LogP contribution in [0.4, 0.5) is 0 Å². The fourth-order valence-corrected chi connectivity index (χ4v) is 3.24. The molecule has 114 valence electrons. The third-order valence-corrected chi connectivity index (χ3v) is 4.62. The Morgan fingerprint density at radius 3 is 2.62 bits per heavy atom. The van der Waals surface area contributed by atoms with Gasteiger partial charge in [0.25, 0.3) is 0 Å². The number of halogens is 1. The second-order valence-corrected chi connectivity index (χ2v) is 6.39. The van der Waals surface area contributed by atoms with Crippen LogP contribution in [0.3, 0.4) is 0 Å². The van der Waals surface area contributed by atoms with Crippen LogP contribution < -0.4 is 0 Å². The zero-order valence-electron chi connectivity index (χ0n) is 13.0. The normalized spacial score (nSPS) is 13.4. The third-order valence-electron chi connectivity index (χ3n) is 4.11. The molecular formula is C18H24BrNO.